The fourth-order valence-electron chi connectivity index (χ4n) is 2.59. The number of para-hydroxylation sites is 2. The summed E-state index contributed by atoms with van der Waals surface area (Å²) in [5.41, 5.74) is 2.28. The number of pyridine rings is 1. The van der Waals surface area contributed by atoms with Crippen molar-refractivity contribution >= 4 is 47.6 Å². The molecule has 0 saturated heterocycles. The quantitative estimate of drug-likeness (QED) is 0.604. The molecule has 0 unspecified atom stereocenters. The van der Waals surface area contributed by atoms with Gasteiger partial charge in [0.2, 0.25) is 0 Å². The number of rotatable bonds is 3. The van der Waals surface area contributed by atoms with E-state index in [1.807, 2.05) is 37.3 Å². The smallest absolute Gasteiger partial charge is 0.255 e. The van der Waals surface area contributed by atoms with Gasteiger partial charge in [-0.15, -0.1) is 0 Å². The third-order valence-electron chi connectivity index (χ3n) is 3.73. The van der Waals surface area contributed by atoms with Crippen LogP contribution in [-0.2, 0) is 10.0 Å². The minimum absolute atomic E-state index is 0.150. The van der Waals surface area contributed by atoms with Crippen molar-refractivity contribution in [2.75, 3.05) is 4.72 Å². The molecule has 4 aromatic rings. The first kappa shape index (κ1) is 15.0. The Morgan fingerprint density at radius 1 is 1.00 bits per heavy atom. The van der Waals surface area contributed by atoms with Gasteiger partial charge in [0.05, 0.1) is 15.7 Å². The Kier molecular flexibility index (Phi) is 3.47. The van der Waals surface area contributed by atoms with Crippen molar-refractivity contribution in [2.24, 2.45) is 0 Å². The fourth-order valence-corrected chi connectivity index (χ4v) is 4.95. The van der Waals surface area contributed by atoms with Gasteiger partial charge in [-0.3, -0.25) is 9.71 Å². The van der Waals surface area contributed by atoms with Gasteiger partial charge in [-0.25, -0.2) is 13.4 Å². The van der Waals surface area contributed by atoms with Crippen molar-refractivity contribution in [3.8, 4) is 0 Å². The Bertz CT molecular complexity index is 1160. The molecule has 7 heteroatoms. The topological polar surface area (TPSA) is 72.0 Å². The van der Waals surface area contributed by atoms with Gasteiger partial charge in [-0.2, -0.15) is 0 Å². The van der Waals surface area contributed by atoms with E-state index < -0.39 is 10.0 Å². The lowest BCUT2D eigenvalue weighted by atomic mass is 10.2. The molecule has 0 fully saturated rings. The molecule has 1 N–H and O–H groups in total. The molecule has 2 aromatic heterocycles. The number of hydrogen-bond donors (Lipinski definition) is 1. The number of nitrogens with one attached hydrogen (secondary N) is 1. The molecule has 0 aliphatic heterocycles. The first-order chi connectivity index (χ1) is 11.5. The zero-order valence-electron chi connectivity index (χ0n) is 12.7. The second kappa shape index (κ2) is 5.54. The van der Waals surface area contributed by atoms with E-state index in [0.717, 1.165) is 21.2 Å². The highest BCUT2D eigenvalue weighted by Gasteiger charge is 2.20. The Balaban J connectivity index is 1.80. The zero-order valence-corrected chi connectivity index (χ0v) is 14.4. The van der Waals surface area contributed by atoms with Crippen LogP contribution in [0.3, 0.4) is 0 Å². The SMILES string of the molecule is Cc1cccc2sc(NS(=O)(=O)c3cccc4cccnc34)nc12. The number of aryl methyl sites for hydroxylation is 1. The van der Waals surface area contributed by atoms with Gasteiger partial charge in [-0.05, 0) is 30.7 Å². The van der Waals surface area contributed by atoms with Crippen LogP contribution in [0.15, 0.2) is 59.6 Å². The lowest BCUT2D eigenvalue weighted by Crippen LogP contribution is -2.13. The van der Waals surface area contributed by atoms with Gasteiger partial charge in [0.15, 0.2) is 5.13 Å². The summed E-state index contributed by atoms with van der Waals surface area (Å²) < 4.78 is 29.1. The van der Waals surface area contributed by atoms with E-state index in [2.05, 4.69) is 14.7 Å². The standard InChI is InChI=1S/C17H13N3O2S2/c1-11-5-2-8-13-15(11)19-17(23-13)20-24(21,22)14-9-3-6-12-7-4-10-18-16(12)14/h2-10H,1H3,(H,19,20). The van der Waals surface area contributed by atoms with Crippen LogP contribution in [0, 0.1) is 6.92 Å². The van der Waals surface area contributed by atoms with E-state index in [-0.39, 0.29) is 4.90 Å². The number of fused-ring (bicyclic) bond motifs is 2. The predicted octanol–water partition coefficient (Wildman–Crippen LogP) is 3.95. The third-order valence-corrected chi connectivity index (χ3v) is 6.16. The average Bonchev–Trinajstić information content (AvgIpc) is 2.97. The van der Waals surface area contributed by atoms with E-state index in [1.165, 1.54) is 11.3 Å². The number of aromatic nitrogens is 2. The average molecular weight is 355 g/mol. The molecule has 120 valence electrons. The first-order valence-electron chi connectivity index (χ1n) is 7.27. The van der Waals surface area contributed by atoms with Gasteiger partial charge in [0.1, 0.15) is 4.90 Å². The summed E-state index contributed by atoms with van der Waals surface area (Å²) in [6, 6.07) is 14.5. The highest BCUT2D eigenvalue weighted by molar-refractivity contribution is 7.93. The number of thiazole rings is 1. The monoisotopic (exact) mass is 355 g/mol. The molecule has 4 rings (SSSR count). The Hall–Kier alpha value is -2.51. The molecule has 2 aromatic carbocycles. The minimum atomic E-state index is -3.77. The molecule has 24 heavy (non-hydrogen) atoms. The number of sulfonamides is 1. The van der Waals surface area contributed by atoms with Crippen molar-refractivity contribution in [1.29, 1.82) is 0 Å². The minimum Gasteiger partial charge on any atom is -0.255 e. The second-order valence-corrected chi connectivity index (χ2v) is 8.06. The molecule has 0 radical (unpaired) electrons. The van der Waals surface area contributed by atoms with Gasteiger partial charge in [0.25, 0.3) is 10.0 Å². The first-order valence-corrected chi connectivity index (χ1v) is 9.57. The van der Waals surface area contributed by atoms with Gasteiger partial charge in [0, 0.05) is 11.6 Å². The number of benzene rings is 2. The van der Waals surface area contributed by atoms with Gasteiger partial charge in [-0.1, -0.05) is 41.7 Å². The molecular formula is C17H13N3O2S2. The third kappa shape index (κ3) is 2.51. The fraction of sp³-hybridized carbons (Fsp3) is 0.0588. The highest BCUT2D eigenvalue weighted by Crippen LogP contribution is 2.30. The van der Waals surface area contributed by atoms with Crippen LogP contribution in [-0.4, -0.2) is 18.4 Å². The largest absolute Gasteiger partial charge is 0.265 e. The normalized spacial score (nSPS) is 11.9. The lowest BCUT2D eigenvalue weighted by molar-refractivity contribution is 0.602. The summed E-state index contributed by atoms with van der Waals surface area (Å²) >= 11 is 1.32. The van der Waals surface area contributed by atoms with Gasteiger partial charge < -0.3 is 0 Å². The molecule has 0 atom stereocenters. The molecular weight excluding hydrogens is 342 g/mol. The summed E-state index contributed by atoms with van der Waals surface area (Å²) in [4.78, 5) is 8.77. The van der Waals surface area contributed by atoms with E-state index in [1.54, 1.807) is 24.4 Å². The van der Waals surface area contributed by atoms with Crippen LogP contribution in [0.25, 0.3) is 21.1 Å². The van der Waals surface area contributed by atoms with Crippen LogP contribution >= 0.6 is 11.3 Å². The summed E-state index contributed by atoms with van der Waals surface area (Å²) in [6.07, 6.45) is 1.59. The maximum Gasteiger partial charge on any atom is 0.265 e. The van der Waals surface area contributed by atoms with Crippen LogP contribution < -0.4 is 4.72 Å². The van der Waals surface area contributed by atoms with Crippen LogP contribution in [0.1, 0.15) is 5.56 Å². The Morgan fingerprint density at radius 2 is 1.79 bits per heavy atom. The zero-order chi connectivity index (χ0) is 16.7. The summed E-state index contributed by atoms with van der Waals surface area (Å²) in [5.74, 6) is 0. The number of nitrogens with zero attached hydrogens (tertiary/aromatic N) is 2. The maximum absolute atomic E-state index is 12.8. The van der Waals surface area contributed by atoms with E-state index in [4.69, 9.17) is 0 Å². The van der Waals surface area contributed by atoms with Crippen molar-refractivity contribution in [2.45, 2.75) is 11.8 Å². The molecule has 0 aliphatic rings. The predicted molar refractivity (Wildman–Crippen MR) is 96.9 cm³/mol. The summed E-state index contributed by atoms with van der Waals surface area (Å²) in [5, 5.41) is 1.13. The maximum atomic E-state index is 12.8. The molecule has 5 nitrogen and oxygen atoms in total. The molecule has 0 bridgehead atoms. The van der Waals surface area contributed by atoms with Crippen molar-refractivity contribution in [1.82, 2.24) is 9.97 Å². The molecule has 0 spiro atoms. The van der Waals surface area contributed by atoms with Crippen molar-refractivity contribution in [3.05, 3.63) is 60.3 Å². The van der Waals surface area contributed by atoms with E-state index in [0.29, 0.717) is 10.6 Å². The Morgan fingerprint density at radius 3 is 2.62 bits per heavy atom. The van der Waals surface area contributed by atoms with Crippen molar-refractivity contribution < 1.29 is 8.42 Å². The molecule has 0 aliphatic carbocycles. The molecule has 0 saturated carbocycles. The summed E-state index contributed by atoms with van der Waals surface area (Å²) in [7, 11) is -3.77. The second-order valence-electron chi connectivity index (χ2n) is 5.38. The highest BCUT2D eigenvalue weighted by atomic mass is 32.2. The van der Waals surface area contributed by atoms with E-state index in [9.17, 15) is 8.42 Å². The number of hydrogen-bond acceptors (Lipinski definition) is 5. The Labute approximate surface area is 143 Å². The van der Waals surface area contributed by atoms with Gasteiger partial charge >= 0.3 is 0 Å². The summed E-state index contributed by atoms with van der Waals surface area (Å²) in [6.45, 7) is 1.95. The van der Waals surface area contributed by atoms with Crippen LogP contribution in [0.5, 0.6) is 0 Å². The van der Waals surface area contributed by atoms with E-state index >= 15 is 0 Å². The number of anilines is 1. The van der Waals surface area contributed by atoms with Crippen LogP contribution in [0.2, 0.25) is 0 Å². The van der Waals surface area contributed by atoms with Crippen molar-refractivity contribution in [3.63, 3.8) is 0 Å². The molecule has 2 heterocycles. The molecule has 0 amide bonds. The lowest BCUT2D eigenvalue weighted by Gasteiger charge is -2.07. The van der Waals surface area contributed by atoms with Crippen LogP contribution in [0.4, 0.5) is 5.13 Å².